The van der Waals surface area contributed by atoms with Crippen molar-refractivity contribution in [3.63, 3.8) is 0 Å². The molecular formula is C14H22N2O. The number of nitrogens with two attached hydrogens (primary N) is 1. The first-order valence-corrected chi connectivity index (χ1v) is 6.33. The van der Waals surface area contributed by atoms with Gasteiger partial charge >= 0.3 is 0 Å². The Kier molecular flexibility index (Phi) is 4.54. The van der Waals surface area contributed by atoms with Gasteiger partial charge in [-0.2, -0.15) is 0 Å². The lowest BCUT2D eigenvalue weighted by atomic mass is 10.1. The highest BCUT2D eigenvalue weighted by Gasteiger charge is 2.19. The molecular weight excluding hydrogens is 212 g/mol. The van der Waals surface area contributed by atoms with Crippen molar-refractivity contribution < 1.29 is 4.74 Å². The topological polar surface area (TPSA) is 38.5 Å². The van der Waals surface area contributed by atoms with Crippen LogP contribution in [0.1, 0.15) is 24.0 Å². The molecule has 0 aliphatic carbocycles. The number of rotatable bonds is 6. The summed E-state index contributed by atoms with van der Waals surface area (Å²) >= 11 is 0. The molecule has 17 heavy (non-hydrogen) atoms. The van der Waals surface area contributed by atoms with Crippen LogP contribution in [0.15, 0.2) is 24.3 Å². The van der Waals surface area contributed by atoms with Gasteiger partial charge in [0, 0.05) is 39.4 Å². The van der Waals surface area contributed by atoms with Gasteiger partial charge in [0.05, 0.1) is 0 Å². The first kappa shape index (κ1) is 12.6. The summed E-state index contributed by atoms with van der Waals surface area (Å²) in [5.41, 5.74) is 9.04. The molecule has 0 amide bonds. The molecule has 1 aliphatic rings. The molecule has 3 heteroatoms. The third-order valence-corrected chi connectivity index (χ3v) is 3.32. The zero-order chi connectivity index (χ0) is 12.1. The van der Waals surface area contributed by atoms with Crippen molar-refractivity contribution in [1.29, 1.82) is 0 Å². The standard InChI is InChI=1S/C14H22N2O/c1-17-8-4-7-14(15)11-16-9-12-5-2-3-6-13(12)10-16/h2-3,5-6,14H,4,7-11,15H2,1H3. The fourth-order valence-electron chi connectivity index (χ4n) is 2.45. The fraction of sp³-hybridized carbons (Fsp3) is 0.571. The van der Waals surface area contributed by atoms with Crippen molar-refractivity contribution in [2.24, 2.45) is 5.73 Å². The molecule has 0 saturated carbocycles. The van der Waals surface area contributed by atoms with Gasteiger partial charge in [-0.1, -0.05) is 24.3 Å². The number of nitrogens with zero attached hydrogens (tertiary/aromatic N) is 1. The van der Waals surface area contributed by atoms with Crippen LogP contribution in [0.3, 0.4) is 0 Å². The summed E-state index contributed by atoms with van der Waals surface area (Å²) in [5, 5.41) is 0. The smallest absolute Gasteiger partial charge is 0.0462 e. The average molecular weight is 234 g/mol. The van der Waals surface area contributed by atoms with Gasteiger partial charge < -0.3 is 10.5 Å². The number of hydrogen-bond acceptors (Lipinski definition) is 3. The number of ether oxygens (including phenoxy) is 1. The van der Waals surface area contributed by atoms with Crippen molar-refractivity contribution in [1.82, 2.24) is 4.90 Å². The molecule has 1 unspecified atom stereocenters. The van der Waals surface area contributed by atoms with Gasteiger partial charge in [0.1, 0.15) is 0 Å². The number of hydrogen-bond donors (Lipinski definition) is 1. The van der Waals surface area contributed by atoms with E-state index in [4.69, 9.17) is 10.5 Å². The molecule has 0 fully saturated rings. The van der Waals surface area contributed by atoms with Gasteiger partial charge in [-0.15, -0.1) is 0 Å². The molecule has 0 spiro atoms. The molecule has 2 N–H and O–H groups in total. The molecule has 0 aromatic heterocycles. The lowest BCUT2D eigenvalue weighted by Crippen LogP contribution is -2.34. The highest BCUT2D eigenvalue weighted by Crippen LogP contribution is 2.22. The summed E-state index contributed by atoms with van der Waals surface area (Å²) < 4.78 is 5.04. The average Bonchev–Trinajstić information content (AvgIpc) is 2.71. The molecule has 2 rings (SSSR count). The summed E-state index contributed by atoms with van der Waals surface area (Å²) in [7, 11) is 1.74. The molecule has 0 bridgehead atoms. The van der Waals surface area contributed by atoms with Crippen molar-refractivity contribution in [3.8, 4) is 0 Å². The van der Waals surface area contributed by atoms with Crippen molar-refractivity contribution in [2.45, 2.75) is 32.0 Å². The summed E-state index contributed by atoms with van der Waals surface area (Å²) in [5.74, 6) is 0. The molecule has 1 aliphatic heterocycles. The van der Waals surface area contributed by atoms with E-state index in [1.807, 2.05) is 0 Å². The summed E-state index contributed by atoms with van der Waals surface area (Å²) in [6.45, 7) is 3.90. The lowest BCUT2D eigenvalue weighted by Gasteiger charge is -2.20. The second-order valence-corrected chi connectivity index (χ2v) is 4.83. The lowest BCUT2D eigenvalue weighted by molar-refractivity contribution is 0.185. The first-order valence-electron chi connectivity index (χ1n) is 6.33. The van der Waals surface area contributed by atoms with Crippen molar-refractivity contribution >= 4 is 0 Å². The SMILES string of the molecule is COCCCC(N)CN1Cc2ccccc2C1. The van der Waals surface area contributed by atoms with Crippen molar-refractivity contribution in [2.75, 3.05) is 20.3 Å². The Hall–Kier alpha value is -0.900. The molecule has 1 aromatic carbocycles. The van der Waals surface area contributed by atoms with Gasteiger partial charge in [0.15, 0.2) is 0 Å². The van der Waals surface area contributed by atoms with E-state index in [1.165, 1.54) is 11.1 Å². The Morgan fingerprint density at radius 1 is 1.29 bits per heavy atom. The Bertz CT molecular complexity index is 329. The molecule has 3 nitrogen and oxygen atoms in total. The van der Waals surface area contributed by atoms with Crippen LogP contribution in [0.2, 0.25) is 0 Å². The fourth-order valence-corrected chi connectivity index (χ4v) is 2.45. The van der Waals surface area contributed by atoms with Crippen LogP contribution < -0.4 is 5.73 Å². The highest BCUT2D eigenvalue weighted by atomic mass is 16.5. The summed E-state index contributed by atoms with van der Waals surface area (Å²) in [6, 6.07) is 8.92. The Balaban J connectivity index is 1.75. The maximum absolute atomic E-state index is 6.13. The van der Waals surface area contributed by atoms with Crippen LogP contribution in [0.5, 0.6) is 0 Å². The Labute approximate surface area is 104 Å². The summed E-state index contributed by atoms with van der Waals surface area (Å²) in [4.78, 5) is 2.43. The van der Waals surface area contributed by atoms with Gasteiger partial charge in [0.25, 0.3) is 0 Å². The van der Waals surface area contributed by atoms with Crippen LogP contribution >= 0.6 is 0 Å². The summed E-state index contributed by atoms with van der Waals surface area (Å²) in [6.07, 6.45) is 2.10. The highest BCUT2D eigenvalue weighted by molar-refractivity contribution is 5.30. The minimum atomic E-state index is 0.263. The number of methoxy groups -OCH3 is 1. The third-order valence-electron chi connectivity index (χ3n) is 3.32. The third kappa shape index (κ3) is 3.53. The van der Waals surface area contributed by atoms with E-state index >= 15 is 0 Å². The second-order valence-electron chi connectivity index (χ2n) is 4.83. The predicted molar refractivity (Wildman–Crippen MR) is 69.6 cm³/mol. The van der Waals surface area contributed by atoms with E-state index < -0.39 is 0 Å². The van der Waals surface area contributed by atoms with E-state index in [-0.39, 0.29) is 6.04 Å². The van der Waals surface area contributed by atoms with Crippen LogP contribution in [-0.2, 0) is 17.8 Å². The quantitative estimate of drug-likeness (QED) is 0.762. The van der Waals surface area contributed by atoms with E-state index in [2.05, 4.69) is 29.2 Å². The predicted octanol–water partition coefficient (Wildman–Crippen LogP) is 1.76. The zero-order valence-corrected chi connectivity index (χ0v) is 10.6. The molecule has 0 saturated heterocycles. The maximum Gasteiger partial charge on any atom is 0.0462 e. The largest absolute Gasteiger partial charge is 0.385 e. The van der Waals surface area contributed by atoms with Crippen LogP contribution in [0.4, 0.5) is 0 Å². The van der Waals surface area contributed by atoms with E-state index in [0.29, 0.717) is 0 Å². The minimum Gasteiger partial charge on any atom is -0.385 e. The molecule has 94 valence electrons. The van der Waals surface area contributed by atoms with Crippen LogP contribution in [0, 0.1) is 0 Å². The zero-order valence-electron chi connectivity index (χ0n) is 10.6. The molecule has 1 aromatic rings. The monoisotopic (exact) mass is 234 g/mol. The van der Waals surface area contributed by atoms with Crippen LogP contribution in [-0.4, -0.2) is 31.2 Å². The normalized spacial score (nSPS) is 17.1. The minimum absolute atomic E-state index is 0.263. The van der Waals surface area contributed by atoms with Crippen molar-refractivity contribution in [3.05, 3.63) is 35.4 Å². The molecule has 1 heterocycles. The van der Waals surface area contributed by atoms with Crippen LogP contribution in [0.25, 0.3) is 0 Å². The second kappa shape index (κ2) is 6.15. The Morgan fingerprint density at radius 3 is 2.53 bits per heavy atom. The number of benzene rings is 1. The van der Waals surface area contributed by atoms with E-state index in [1.54, 1.807) is 7.11 Å². The first-order chi connectivity index (χ1) is 8.29. The Morgan fingerprint density at radius 2 is 1.94 bits per heavy atom. The molecule has 0 radical (unpaired) electrons. The van der Waals surface area contributed by atoms with E-state index in [0.717, 1.165) is 39.1 Å². The van der Waals surface area contributed by atoms with Gasteiger partial charge in [-0.25, -0.2) is 0 Å². The van der Waals surface area contributed by atoms with Gasteiger partial charge in [-0.3, -0.25) is 4.90 Å². The van der Waals surface area contributed by atoms with E-state index in [9.17, 15) is 0 Å². The molecule has 1 atom stereocenters. The van der Waals surface area contributed by atoms with Gasteiger partial charge in [-0.05, 0) is 24.0 Å². The van der Waals surface area contributed by atoms with Gasteiger partial charge in [0.2, 0.25) is 0 Å². The maximum atomic E-state index is 6.13. The number of fused-ring (bicyclic) bond motifs is 1.